The van der Waals surface area contributed by atoms with Crippen LogP contribution in [0.2, 0.25) is 0 Å². The molecule has 7 nitrogen and oxygen atoms in total. The zero-order chi connectivity index (χ0) is 24.4. The van der Waals surface area contributed by atoms with Gasteiger partial charge in [-0.25, -0.2) is 4.79 Å². The van der Waals surface area contributed by atoms with Gasteiger partial charge in [-0.3, -0.25) is 14.3 Å². The minimum absolute atomic E-state index is 0.0754. The van der Waals surface area contributed by atoms with Gasteiger partial charge in [0.25, 0.3) is 0 Å². The number of ether oxygens (including phenoxy) is 1. The van der Waals surface area contributed by atoms with E-state index in [1.54, 1.807) is 7.11 Å². The van der Waals surface area contributed by atoms with E-state index in [9.17, 15) is 9.59 Å². The molecule has 0 bridgehead atoms. The molecule has 5 rings (SSSR count). The van der Waals surface area contributed by atoms with Gasteiger partial charge >= 0.3 is 5.69 Å². The predicted molar refractivity (Wildman–Crippen MR) is 138 cm³/mol. The maximum atomic E-state index is 13.7. The second-order valence-corrected chi connectivity index (χ2v) is 9.09. The van der Waals surface area contributed by atoms with E-state index in [-0.39, 0.29) is 17.6 Å². The number of nitrogens with zero attached hydrogens (tertiary/aromatic N) is 2. The summed E-state index contributed by atoms with van der Waals surface area (Å²) in [4.78, 5) is 31.5. The number of methoxy groups -OCH3 is 1. The van der Waals surface area contributed by atoms with Crippen LogP contribution in [-0.4, -0.2) is 40.6 Å². The third-order valence-electron chi connectivity index (χ3n) is 6.83. The van der Waals surface area contributed by atoms with Crippen LogP contribution in [0.25, 0.3) is 11.0 Å². The summed E-state index contributed by atoms with van der Waals surface area (Å²) in [6.07, 6.45) is 1.57. The van der Waals surface area contributed by atoms with Crippen LogP contribution in [-0.2, 0) is 4.79 Å². The van der Waals surface area contributed by atoms with Gasteiger partial charge in [0.1, 0.15) is 11.8 Å². The number of carbonyl (C=O) groups is 1. The van der Waals surface area contributed by atoms with Gasteiger partial charge < -0.3 is 15.0 Å². The number of hydrogen-bond acceptors (Lipinski definition) is 4. The summed E-state index contributed by atoms with van der Waals surface area (Å²) in [6, 6.07) is 23.1. The minimum Gasteiger partial charge on any atom is -0.495 e. The fourth-order valence-electron chi connectivity index (χ4n) is 5.12. The number of imidazole rings is 1. The number of aromatic amines is 1. The number of H-pyrrole nitrogens is 1. The minimum atomic E-state index is -0.443. The van der Waals surface area contributed by atoms with Crippen molar-refractivity contribution in [1.29, 1.82) is 0 Å². The lowest BCUT2D eigenvalue weighted by Gasteiger charge is -2.37. The molecule has 0 unspecified atom stereocenters. The molecule has 7 heteroatoms. The standard InChI is InChI=1S/C28H30N4O3/c1-19-12-13-25(35-2)23(18-19)29-27(33)26(20-8-4-3-5-9-20)31-16-14-21(15-17-31)32-24-11-7-6-10-22(24)30-28(32)34/h3-13,18,21,26H,14-17H2,1-2H3,(H,29,33)(H,30,34)/t26-/m0/s1. The molecule has 4 aromatic rings. The first-order chi connectivity index (χ1) is 17.0. The van der Waals surface area contributed by atoms with Crippen molar-refractivity contribution in [3.63, 3.8) is 0 Å². The average Bonchev–Trinajstić information content (AvgIpc) is 3.21. The summed E-state index contributed by atoms with van der Waals surface area (Å²) < 4.78 is 7.35. The quantitative estimate of drug-likeness (QED) is 0.429. The Bertz CT molecular complexity index is 1380. The highest BCUT2D eigenvalue weighted by molar-refractivity contribution is 5.97. The number of rotatable bonds is 6. The largest absolute Gasteiger partial charge is 0.495 e. The molecule has 0 saturated carbocycles. The van der Waals surface area contributed by atoms with Gasteiger partial charge in [0.15, 0.2) is 0 Å². The molecule has 180 valence electrons. The van der Waals surface area contributed by atoms with E-state index in [0.29, 0.717) is 24.5 Å². The predicted octanol–water partition coefficient (Wildman–Crippen LogP) is 4.66. The van der Waals surface area contributed by atoms with Crippen LogP contribution in [0.3, 0.4) is 0 Å². The van der Waals surface area contributed by atoms with Gasteiger partial charge in [-0.2, -0.15) is 0 Å². The lowest BCUT2D eigenvalue weighted by atomic mass is 9.98. The van der Waals surface area contributed by atoms with Crippen LogP contribution in [0.15, 0.2) is 77.6 Å². The van der Waals surface area contributed by atoms with Crippen molar-refractivity contribution in [2.75, 3.05) is 25.5 Å². The Kier molecular flexibility index (Phi) is 6.42. The number of anilines is 1. The van der Waals surface area contributed by atoms with Crippen molar-refractivity contribution in [3.05, 3.63) is 94.4 Å². The van der Waals surface area contributed by atoms with E-state index < -0.39 is 6.04 Å². The molecule has 0 aliphatic carbocycles. The number of likely N-dealkylation sites (tertiary alicyclic amines) is 1. The molecule has 1 aromatic heterocycles. The Hall–Kier alpha value is -3.84. The number of para-hydroxylation sites is 2. The number of aryl methyl sites for hydroxylation is 1. The van der Waals surface area contributed by atoms with E-state index in [1.165, 1.54) is 0 Å². The Morgan fingerprint density at radius 1 is 1.03 bits per heavy atom. The summed E-state index contributed by atoms with van der Waals surface area (Å²) in [5.74, 6) is 0.538. The van der Waals surface area contributed by atoms with E-state index in [4.69, 9.17) is 4.74 Å². The van der Waals surface area contributed by atoms with E-state index >= 15 is 0 Å². The van der Waals surface area contributed by atoms with Crippen molar-refractivity contribution in [2.45, 2.75) is 31.8 Å². The lowest BCUT2D eigenvalue weighted by Crippen LogP contribution is -2.43. The summed E-state index contributed by atoms with van der Waals surface area (Å²) >= 11 is 0. The number of hydrogen-bond donors (Lipinski definition) is 2. The van der Waals surface area contributed by atoms with Crippen LogP contribution in [0.5, 0.6) is 5.75 Å². The number of aromatic nitrogens is 2. The molecule has 2 heterocycles. The number of amides is 1. The van der Waals surface area contributed by atoms with Crippen molar-refractivity contribution < 1.29 is 9.53 Å². The fraction of sp³-hybridized carbons (Fsp3) is 0.286. The highest BCUT2D eigenvalue weighted by Crippen LogP contribution is 2.32. The van der Waals surface area contributed by atoms with E-state index in [1.807, 2.05) is 84.3 Å². The zero-order valence-corrected chi connectivity index (χ0v) is 20.0. The SMILES string of the molecule is COc1ccc(C)cc1NC(=O)[C@H](c1ccccc1)N1CCC(n2c(=O)[nH]c3ccccc32)CC1. The molecule has 3 aromatic carbocycles. The third kappa shape index (κ3) is 4.59. The molecule has 0 spiro atoms. The number of carbonyl (C=O) groups excluding carboxylic acids is 1. The molecular formula is C28H30N4O3. The van der Waals surface area contributed by atoms with Gasteiger partial charge in [-0.15, -0.1) is 0 Å². The topological polar surface area (TPSA) is 79.4 Å². The molecule has 2 N–H and O–H groups in total. The first kappa shape index (κ1) is 22.9. The Balaban J connectivity index is 1.39. The zero-order valence-electron chi connectivity index (χ0n) is 20.0. The number of fused-ring (bicyclic) bond motifs is 1. The Morgan fingerprint density at radius 2 is 1.74 bits per heavy atom. The summed E-state index contributed by atoms with van der Waals surface area (Å²) in [7, 11) is 1.60. The average molecular weight is 471 g/mol. The molecule has 1 saturated heterocycles. The van der Waals surface area contributed by atoms with Crippen LogP contribution in [0.1, 0.15) is 36.1 Å². The molecule has 1 atom stereocenters. The van der Waals surface area contributed by atoms with Crippen molar-refractivity contribution in [1.82, 2.24) is 14.5 Å². The van der Waals surface area contributed by atoms with Gasteiger partial charge in [-0.05, 0) is 55.2 Å². The smallest absolute Gasteiger partial charge is 0.326 e. The maximum Gasteiger partial charge on any atom is 0.326 e. The molecule has 1 aliphatic rings. The Labute approximate surface area is 204 Å². The van der Waals surface area contributed by atoms with Crippen molar-refractivity contribution in [3.8, 4) is 5.75 Å². The Morgan fingerprint density at radius 3 is 2.49 bits per heavy atom. The first-order valence-electron chi connectivity index (χ1n) is 12.0. The van der Waals surface area contributed by atoms with Gasteiger partial charge in [0.05, 0.1) is 23.8 Å². The first-order valence-corrected chi connectivity index (χ1v) is 12.0. The summed E-state index contributed by atoms with van der Waals surface area (Å²) in [5, 5.41) is 3.10. The highest BCUT2D eigenvalue weighted by atomic mass is 16.5. The molecule has 35 heavy (non-hydrogen) atoms. The van der Waals surface area contributed by atoms with Crippen LogP contribution >= 0.6 is 0 Å². The van der Waals surface area contributed by atoms with Crippen LogP contribution in [0, 0.1) is 6.92 Å². The number of benzene rings is 3. The van der Waals surface area contributed by atoms with Crippen molar-refractivity contribution in [2.24, 2.45) is 0 Å². The summed E-state index contributed by atoms with van der Waals surface area (Å²) in [6.45, 7) is 3.39. The molecule has 0 radical (unpaired) electrons. The number of piperidine rings is 1. The van der Waals surface area contributed by atoms with Crippen LogP contribution in [0.4, 0.5) is 5.69 Å². The van der Waals surface area contributed by atoms with Crippen LogP contribution < -0.4 is 15.7 Å². The molecular weight excluding hydrogens is 440 g/mol. The second kappa shape index (κ2) is 9.80. The fourth-order valence-corrected chi connectivity index (χ4v) is 5.12. The molecule has 1 amide bonds. The molecule has 1 fully saturated rings. The van der Waals surface area contributed by atoms with Gasteiger partial charge in [-0.1, -0.05) is 48.5 Å². The van der Waals surface area contributed by atoms with Gasteiger partial charge in [0.2, 0.25) is 5.91 Å². The molecule has 1 aliphatic heterocycles. The monoisotopic (exact) mass is 470 g/mol. The van der Waals surface area contributed by atoms with E-state index in [0.717, 1.165) is 35.0 Å². The number of nitrogens with one attached hydrogen (secondary N) is 2. The second-order valence-electron chi connectivity index (χ2n) is 9.09. The van der Waals surface area contributed by atoms with Crippen molar-refractivity contribution >= 4 is 22.6 Å². The normalized spacial score (nSPS) is 15.7. The maximum absolute atomic E-state index is 13.7. The third-order valence-corrected chi connectivity index (χ3v) is 6.83. The van der Waals surface area contributed by atoms with E-state index in [2.05, 4.69) is 15.2 Å². The highest BCUT2D eigenvalue weighted by Gasteiger charge is 2.32. The summed E-state index contributed by atoms with van der Waals surface area (Å²) in [5.41, 5.74) is 4.36. The lowest BCUT2D eigenvalue weighted by molar-refractivity contribution is -0.122. The van der Waals surface area contributed by atoms with Gasteiger partial charge in [0, 0.05) is 19.1 Å².